The lowest BCUT2D eigenvalue weighted by molar-refractivity contribution is 0.307. The van der Waals surface area contributed by atoms with Gasteiger partial charge in [-0.1, -0.05) is 6.08 Å². The van der Waals surface area contributed by atoms with E-state index in [0.29, 0.717) is 6.61 Å². The highest BCUT2D eigenvalue weighted by Crippen LogP contribution is 2.20. The van der Waals surface area contributed by atoms with Crippen molar-refractivity contribution >= 4 is 0 Å². The molecule has 1 aromatic rings. The van der Waals surface area contributed by atoms with Crippen molar-refractivity contribution in [1.82, 2.24) is 10.3 Å². The van der Waals surface area contributed by atoms with E-state index in [1.807, 2.05) is 20.0 Å². The van der Waals surface area contributed by atoms with Crippen molar-refractivity contribution in [2.24, 2.45) is 0 Å². The fourth-order valence-electron chi connectivity index (χ4n) is 1.58. The molecule has 16 heavy (non-hydrogen) atoms. The van der Waals surface area contributed by atoms with Crippen LogP contribution in [0.3, 0.4) is 0 Å². The van der Waals surface area contributed by atoms with Gasteiger partial charge < -0.3 is 10.1 Å². The van der Waals surface area contributed by atoms with E-state index in [1.54, 1.807) is 0 Å². The molecule has 0 aliphatic carbocycles. The van der Waals surface area contributed by atoms with E-state index in [4.69, 9.17) is 4.74 Å². The van der Waals surface area contributed by atoms with Crippen LogP contribution in [0.15, 0.2) is 18.7 Å². The Morgan fingerprint density at radius 3 is 2.88 bits per heavy atom. The quantitative estimate of drug-likeness (QED) is 0.590. The molecular formula is C13H20N2O. The predicted octanol–water partition coefficient (Wildman–Crippen LogP) is 2.37. The Hall–Kier alpha value is -1.35. The van der Waals surface area contributed by atoms with Crippen molar-refractivity contribution in [1.29, 1.82) is 0 Å². The van der Waals surface area contributed by atoms with Gasteiger partial charge in [0.05, 0.1) is 6.61 Å². The Bertz CT molecular complexity index is 361. The minimum absolute atomic E-state index is 0.635. The number of hydrogen-bond donors (Lipinski definition) is 1. The Balaban J connectivity index is 2.89. The first-order valence-electron chi connectivity index (χ1n) is 5.54. The molecule has 88 valence electrons. The fourth-order valence-corrected chi connectivity index (χ4v) is 1.58. The number of nitrogens with zero attached hydrogens (tertiary/aromatic N) is 1. The molecule has 3 heteroatoms. The lowest BCUT2D eigenvalue weighted by Gasteiger charge is -2.13. The summed E-state index contributed by atoms with van der Waals surface area (Å²) in [5.41, 5.74) is 3.35. The van der Waals surface area contributed by atoms with Gasteiger partial charge in [0.15, 0.2) is 0 Å². The van der Waals surface area contributed by atoms with E-state index < -0.39 is 0 Å². The number of aromatic nitrogens is 1. The summed E-state index contributed by atoms with van der Waals surface area (Å²) in [6.07, 6.45) is 2.69. The zero-order valence-electron chi connectivity index (χ0n) is 10.3. The molecule has 0 atom stereocenters. The van der Waals surface area contributed by atoms with E-state index in [1.165, 1.54) is 5.56 Å². The van der Waals surface area contributed by atoms with Crippen LogP contribution >= 0.6 is 0 Å². The zero-order chi connectivity index (χ0) is 12.0. The lowest BCUT2D eigenvalue weighted by Crippen LogP contribution is -2.11. The van der Waals surface area contributed by atoms with Crippen LogP contribution in [-0.2, 0) is 6.54 Å². The molecule has 0 unspecified atom stereocenters. The molecule has 0 aliphatic rings. The van der Waals surface area contributed by atoms with Gasteiger partial charge in [-0.2, -0.15) is 0 Å². The standard InChI is InChI=1S/C13H20N2O/c1-5-6-7-16-13-12(9-14-4)10(2)8-11(3)15-13/h5,8,14H,1,6-7,9H2,2-4H3. The van der Waals surface area contributed by atoms with Crippen molar-refractivity contribution in [3.8, 4) is 5.88 Å². The molecule has 0 aromatic carbocycles. The molecule has 1 heterocycles. The van der Waals surface area contributed by atoms with Crippen LogP contribution in [0.4, 0.5) is 0 Å². The van der Waals surface area contributed by atoms with E-state index in [2.05, 4.69) is 29.9 Å². The minimum Gasteiger partial charge on any atom is -0.477 e. The molecule has 1 aromatic heterocycles. The summed E-state index contributed by atoms with van der Waals surface area (Å²) in [5, 5.41) is 3.13. The highest BCUT2D eigenvalue weighted by atomic mass is 16.5. The molecule has 1 N–H and O–H groups in total. The Morgan fingerprint density at radius 2 is 2.25 bits per heavy atom. The maximum atomic E-state index is 5.67. The third kappa shape index (κ3) is 3.35. The van der Waals surface area contributed by atoms with Crippen LogP contribution in [0, 0.1) is 13.8 Å². The van der Waals surface area contributed by atoms with Gasteiger partial charge in [0, 0.05) is 17.8 Å². The van der Waals surface area contributed by atoms with Gasteiger partial charge in [0.1, 0.15) is 0 Å². The molecule has 0 saturated carbocycles. The molecule has 0 bridgehead atoms. The van der Waals surface area contributed by atoms with Gasteiger partial charge in [-0.25, -0.2) is 4.98 Å². The van der Waals surface area contributed by atoms with Gasteiger partial charge in [0.2, 0.25) is 5.88 Å². The predicted molar refractivity (Wildman–Crippen MR) is 66.8 cm³/mol. The first-order valence-corrected chi connectivity index (χ1v) is 5.54. The topological polar surface area (TPSA) is 34.1 Å². The summed E-state index contributed by atoms with van der Waals surface area (Å²) in [5.74, 6) is 0.744. The Labute approximate surface area is 97.5 Å². The highest BCUT2D eigenvalue weighted by Gasteiger charge is 2.08. The molecule has 3 nitrogen and oxygen atoms in total. The third-order valence-corrected chi connectivity index (χ3v) is 2.35. The maximum absolute atomic E-state index is 5.67. The minimum atomic E-state index is 0.635. The van der Waals surface area contributed by atoms with Crippen LogP contribution < -0.4 is 10.1 Å². The number of aryl methyl sites for hydroxylation is 2. The molecule has 0 radical (unpaired) electrons. The molecule has 0 aliphatic heterocycles. The number of rotatable bonds is 6. The number of nitrogens with one attached hydrogen (secondary N) is 1. The summed E-state index contributed by atoms with van der Waals surface area (Å²) >= 11 is 0. The zero-order valence-corrected chi connectivity index (χ0v) is 10.3. The summed E-state index contributed by atoms with van der Waals surface area (Å²) in [7, 11) is 1.92. The largest absolute Gasteiger partial charge is 0.477 e. The van der Waals surface area contributed by atoms with Crippen molar-refractivity contribution < 1.29 is 4.74 Å². The van der Waals surface area contributed by atoms with Crippen molar-refractivity contribution in [3.05, 3.63) is 35.5 Å². The van der Waals surface area contributed by atoms with Gasteiger partial charge in [-0.05, 0) is 38.9 Å². The molecular weight excluding hydrogens is 200 g/mol. The number of ether oxygens (including phenoxy) is 1. The average Bonchev–Trinajstić information content (AvgIpc) is 2.23. The van der Waals surface area contributed by atoms with Crippen LogP contribution in [0.2, 0.25) is 0 Å². The first kappa shape index (κ1) is 12.7. The van der Waals surface area contributed by atoms with Gasteiger partial charge in [-0.15, -0.1) is 6.58 Å². The second-order valence-corrected chi connectivity index (χ2v) is 3.82. The van der Waals surface area contributed by atoms with E-state index >= 15 is 0 Å². The SMILES string of the molecule is C=CCCOc1nc(C)cc(C)c1CNC. The third-order valence-electron chi connectivity index (χ3n) is 2.35. The summed E-state index contributed by atoms with van der Waals surface area (Å²) in [6, 6.07) is 2.08. The van der Waals surface area contributed by atoms with E-state index in [0.717, 1.165) is 30.1 Å². The van der Waals surface area contributed by atoms with Gasteiger partial charge in [0.25, 0.3) is 0 Å². The van der Waals surface area contributed by atoms with E-state index in [-0.39, 0.29) is 0 Å². The smallest absolute Gasteiger partial charge is 0.218 e. The van der Waals surface area contributed by atoms with Crippen molar-refractivity contribution in [3.63, 3.8) is 0 Å². The molecule has 1 rings (SSSR count). The molecule has 0 fully saturated rings. The van der Waals surface area contributed by atoms with Gasteiger partial charge >= 0.3 is 0 Å². The number of pyridine rings is 1. The fraction of sp³-hybridized carbons (Fsp3) is 0.462. The summed E-state index contributed by atoms with van der Waals surface area (Å²) in [4.78, 5) is 4.43. The molecule has 0 spiro atoms. The monoisotopic (exact) mass is 220 g/mol. The highest BCUT2D eigenvalue weighted by molar-refractivity contribution is 5.35. The average molecular weight is 220 g/mol. The normalized spacial score (nSPS) is 10.2. The summed E-state index contributed by atoms with van der Waals surface area (Å²) in [6.45, 7) is 9.16. The van der Waals surface area contributed by atoms with Crippen LogP contribution in [0.1, 0.15) is 23.2 Å². The second-order valence-electron chi connectivity index (χ2n) is 3.82. The molecule has 0 saturated heterocycles. The van der Waals surface area contributed by atoms with Crippen LogP contribution in [0.5, 0.6) is 5.88 Å². The van der Waals surface area contributed by atoms with Crippen molar-refractivity contribution in [2.45, 2.75) is 26.8 Å². The molecule has 0 amide bonds. The maximum Gasteiger partial charge on any atom is 0.218 e. The first-order chi connectivity index (χ1) is 7.69. The lowest BCUT2D eigenvalue weighted by atomic mass is 10.1. The van der Waals surface area contributed by atoms with E-state index in [9.17, 15) is 0 Å². The Kier molecular flexibility index (Phi) is 4.99. The van der Waals surface area contributed by atoms with Gasteiger partial charge in [-0.3, -0.25) is 0 Å². The number of hydrogen-bond acceptors (Lipinski definition) is 3. The second kappa shape index (κ2) is 6.28. The Morgan fingerprint density at radius 1 is 1.50 bits per heavy atom. The summed E-state index contributed by atoms with van der Waals surface area (Å²) < 4.78 is 5.67. The van der Waals surface area contributed by atoms with Crippen LogP contribution in [-0.4, -0.2) is 18.6 Å². The van der Waals surface area contributed by atoms with Crippen LogP contribution in [0.25, 0.3) is 0 Å². The van der Waals surface area contributed by atoms with Crippen molar-refractivity contribution in [2.75, 3.05) is 13.7 Å².